The van der Waals surface area contributed by atoms with Gasteiger partial charge in [0.15, 0.2) is 5.78 Å². The maximum absolute atomic E-state index is 12.2. The second-order valence-corrected chi connectivity index (χ2v) is 5.22. The lowest BCUT2D eigenvalue weighted by molar-refractivity contribution is -0.151. The van der Waals surface area contributed by atoms with Crippen LogP contribution < -0.4 is 0 Å². The summed E-state index contributed by atoms with van der Waals surface area (Å²) in [5, 5.41) is 0. The van der Waals surface area contributed by atoms with Crippen molar-refractivity contribution in [1.82, 2.24) is 14.9 Å². The summed E-state index contributed by atoms with van der Waals surface area (Å²) >= 11 is 0. The Morgan fingerprint density at radius 1 is 1.50 bits per heavy atom. The summed E-state index contributed by atoms with van der Waals surface area (Å²) in [6, 6.07) is 0. The molecule has 0 bridgehead atoms. The van der Waals surface area contributed by atoms with Gasteiger partial charge in [0.2, 0.25) is 5.91 Å². The number of carbonyl (C=O) groups excluding carboxylic acids is 2. The summed E-state index contributed by atoms with van der Waals surface area (Å²) in [6.07, 6.45) is 8.64. The van der Waals surface area contributed by atoms with E-state index in [1.807, 2.05) is 0 Å². The fourth-order valence-corrected chi connectivity index (χ4v) is 2.78. The molecule has 1 N–H and O–H groups in total. The fraction of sp³-hybridized carbons (Fsp3) is 0.500. The molecule has 1 amide bonds. The molecular formula is C14H17N3O3. The monoisotopic (exact) mass is 275 g/mol. The molecule has 3 rings (SSSR count). The number of rotatable bonds is 2. The Morgan fingerprint density at radius 3 is 3.05 bits per heavy atom. The van der Waals surface area contributed by atoms with Crippen molar-refractivity contribution in [2.24, 2.45) is 0 Å². The first-order valence-corrected chi connectivity index (χ1v) is 6.82. The largest absolute Gasteiger partial charge is 0.367 e. The van der Waals surface area contributed by atoms with E-state index >= 15 is 0 Å². The van der Waals surface area contributed by atoms with Gasteiger partial charge in [-0.05, 0) is 18.9 Å². The number of hydrogen-bond donors (Lipinski definition) is 1. The standard InChI is InChI=1S/C14H17N3O3/c18-12-9-17(6-5-14(12)4-1-7-20-14)13(19)3-2-11-8-15-10-16-11/h2-3,8,10H,1,4-7,9H2,(H,15,16)/b3-2+/t14-/m0/s1. The van der Waals surface area contributed by atoms with Gasteiger partial charge in [0.05, 0.1) is 24.8 Å². The normalized spacial score (nSPS) is 26.8. The minimum absolute atomic E-state index is 0.0320. The zero-order chi connectivity index (χ0) is 14.0. The highest BCUT2D eigenvalue weighted by atomic mass is 16.5. The van der Waals surface area contributed by atoms with E-state index in [0.717, 1.165) is 18.5 Å². The molecule has 1 aromatic rings. The molecule has 0 aromatic carbocycles. The van der Waals surface area contributed by atoms with Crippen LogP contribution in [0.1, 0.15) is 25.0 Å². The van der Waals surface area contributed by atoms with E-state index < -0.39 is 5.60 Å². The van der Waals surface area contributed by atoms with Gasteiger partial charge in [-0.25, -0.2) is 4.98 Å². The molecule has 2 aliphatic heterocycles. The molecule has 6 nitrogen and oxygen atoms in total. The minimum Gasteiger partial charge on any atom is -0.367 e. The molecule has 0 radical (unpaired) electrons. The Kier molecular flexibility index (Phi) is 3.40. The summed E-state index contributed by atoms with van der Waals surface area (Å²) in [5.74, 6) is -0.120. The van der Waals surface area contributed by atoms with Crippen LogP contribution in [0.25, 0.3) is 6.08 Å². The Morgan fingerprint density at radius 2 is 2.40 bits per heavy atom. The SMILES string of the molecule is O=C(/C=C/c1cnc[nH]1)N1CC[C@@]2(CCCO2)C(=O)C1. The second-order valence-electron chi connectivity index (χ2n) is 5.22. The Bertz CT molecular complexity index is 530. The third kappa shape index (κ3) is 2.38. The first-order chi connectivity index (χ1) is 9.70. The van der Waals surface area contributed by atoms with Gasteiger partial charge < -0.3 is 14.6 Å². The van der Waals surface area contributed by atoms with Crippen molar-refractivity contribution in [1.29, 1.82) is 0 Å². The van der Waals surface area contributed by atoms with Crippen molar-refractivity contribution in [2.75, 3.05) is 19.7 Å². The highest BCUT2D eigenvalue weighted by Gasteiger charge is 2.46. The van der Waals surface area contributed by atoms with E-state index in [2.05, 4.69) is 9.97 Å². The lowest BCUT2D eigenvalue weighted by Crippen LogP contribution is -2.53. The third-order valence-electron chi connectivity index (χ3n) is 3.97. The van der Waals surface area contributed by atoms with Crippen molar-refractivity contribution in [3.63, 3.8) is 0 Å². The van der Waals surface area contributed by atoms with Gasteiger partial charge in [0, 0.05) is 25.6 Å². The van der Waals surface area contributed by atoms with E-state index in [1.165, 1.54) is 6.08 Å². The number of Topliss-reactive ketones (excluding diaryl/α,β-unsaturated/α-hetero) is 1. The number of H-pyrrole nitrogens is 1. The summed E-state index contributed by atoms with van der Waals surface area (Å²) in [6.45, 7) is 1.36. The summed E-state index contributed by atoms with van der Waals surface area (Å²) < 4.78 is 5.62. The summed E-state index contributed by atoms with van der Waals surface area (Å²) in [4.78, 5) is 32.6. The number of aromatic nitrogens is 2. The van der Waals surface area contributed by atoms with Crippen molar-refractivity contribution in [3.05, 3.63) is 24.3 Å². The van der Waals surface area contributed by atoms with Gasteiger partial charge in [-0.15, -0.1) is 0 Å². The Labute approximate surface area is 116 Å². The van der Waals surface area contributed by atoms with Crippen LogP contribution in [0.5, 0.6) is 0 Å². The van der Waals surface area contributed by atoms with Gasteiger partial charge in [0.25, 0.3) is 0 Å². The topological polar surface area (TPSA) is 75.3 Å². The average Bonchev–Trinajstić information content (AvgIpc) is 3.11. The number of carbonyl (C=O) groups is 2. The van der Waals surface area contributed by atoms with Gasteiger partial charge in [-0.3, -0.25) is 9.59 Å². The van der Waals surface area contributed by atoms with Crippen LogP contribution in [0.15, 0.2) is 18.6 Å². The van der Waals surface area contributed by atoms with Crippen LogP contribution in [-0.2, 0) is 14.3 Å². The molecule has 106 valence electrons. The molecule has 6 heteroatoms. The smallest absolute Gasteiger partial charge is 0.247 e. The Hall–Kier alpha value is -1.95. The molecule has 2 aliphatic rings. The third-order valence-corrected chi connectivity index (χ3v) is 3.97. The van der Waals surface area contributed by atoms with Crippen molar-refractivity contribution in [2.45, 2.75) is 24.9 Å². The quantitative estimate of drug-likeness (QED) is 0.809. The van der Waals surface area contributed by atoms with Crippen LogP contribution in [0.4, 0.5) is 0 Å². The molecule has 20 heavy (non-hydrogen) atoms. The highest BCUT2D eigenvalue weighted by molar-refractivity contribution is 5.97. The number of imidazole rings is 1. The fourth-order valence-electron chi connectivity index (χ4n) is 2.78. The first kappa shape index (κ1) is 13.1. The van der Waals surface area contributed by atoms with Gasteiger partial charge in [-0.1, -0.05) is 0 Å². The minimum atomic E-state index is -0.607. The number of piperidine rings is 1. The second kappa shape index (κ2) is 5.20. The molecule has 0 aliphatic carbocycles. The lowest BCUT2D eigenvalue weighted by Gasteiger charge is -2.36. The molecule has 2 fully saturated rings. The van der Waals surface area contributed by atoms with Crippen molar-refractivity contribution in [3.8, 4) is 0 Å². The van der Waals surface area contributed by atoms with Gasteiger partial charge in [0.1, 0.15) is 5.60 Å². The van der Waals surface area contributed by atoms with E-state index in [1.54, 1.807) is 23.5 Å². The van der Waals surface area contributed by atoms with Crippen LogP contribution in [0.2, 0.25) is 0 Å². The number of aromatic amines is 1. The number of nitrogens with zero attached hydrogens (tertiary/aromatic N) is 2. The van der Waals surface area contributed by atoms with E-state index in [4.69, 9.17) is 4.74 Å². The van der Waals surface area contributed by atoms with Crippen LogP contribution >= 0.6 is 0 Å². The molecule has 0 unspecified atom stereocenters. The van der Waals surface area contributed by atoms with Crippen LogP contribution in [0, 0.1) is 0 Å². The predicted octanol–water partition coefficient (Wildman–Crippen LogP) is 0.773. The first-order valence-electron chi connectivity index (χ1n) is 6.82. The summed E-state index contributed by atoms with van der Waals surface area (Å²) in [5.41, 5.74) is 0.154. The number of ketones is 1. The summed E-state index contributed by atoms with van der Waals surface area (Å²) in [7, 11) is 0. The molecule has 1 aromatic heterocycles. The van der Waals surface area contributed by atoms with E-state index in [9.17, 15) is 9.59 Å². The van der Waals surface area contributed by atoms with Gasteiger partial charge in [-0.2, -0.15) is 0 Å². The number of hydrogen-bond acceptors (Lipinski definition) is 4. The van der Waals surface area contributed by atoms with E-state index in [0.29, 0.717) is 19.6 Å². The Balaban J connectivity index is 1.62. The van der Waals surface area contributed by atoms with Gasteiger partial charge >= 0.3 is 0 Å². The maximum atomic E-state index is 12.2. The lowest BCUT2D eigenvalue weighted by atomic mass is 9.87. The number of ether oxygens (including phenoxy) is 1. The zero-order valence-electron chi connectivity index (χ0n) is 11.2. The zero-order valence-corrected chi connectivity index (χ0v) is 11.2. The molecule has 2 saturated heterocycles. The molecular weight excluding hydrogens is 258 g/mol. The maximum Gasteiger partial charge on any atom is 0.247 e. The number of nitrogens with one attached hydrogen (secondary N) is 1. The molecule has 1 atom stereocenters. The number of likely N-dealkylation sites (tertiary alicyclic amines) is 1. The van der Waals surface area contributed by atoms with Crippen molar-refractivity contribution >= 4 is 17.8 Å². The van der Waals surface area contributed by atoms with Crippen LogP contribution in [-0.4, -0.2) is 51.9 Å². The molecule has 1 spiro atoms. The molecule has 3 heterocycles. The van der Waals surface area contributed by atoms with Crippen molar-refractivity contribution < 1.29 is 14.3 Å². The van der Waals surface area contributed by atoms with E-state index in [-0.39, 0.29) is 18.2 Å². The predicted molar refractivity (Wildman–Crippen MR) is 71.7 cm³/mol. The molecule has 0 saturated carbocycles. The highest BCUT2D eigenvalue weighted by Crippen LogP contribution is 2.33. The number of amides is 1. The average molecular weight is 275 g/mol. The van der Waals surface area contributed by atoms with Crippen LogP contribution in [0.3, 0.4) is 0 Å².